The van der Waals surface area contributed by atoms with Gasteiger partial charge >= 0.3 is 0 Å². The second kappa shape index (κ2) is 9.45. The molecule has 0 aliphatic carbocycles. The molecule has 2 fully saturated rings. The van der Waals surface area contributed by atoms with Crippen molar-refractivity contribution in [3.8, 4) is 0 Å². The van der Waals surface area contributed by atoms with Gasteiger partial charge in [0.15, 0.2) is 0 Å². The average Bonchev–Trinajstić information content (AvgIpc) is 2.55. The number of nitrogens with one attached hydrogen (secondary N) is 1. The smallest absolute Gasteiger partial charge is 0.221 e. The van der Waals surface area contributed by atoms with Gasteiger partial charge in [0.05, 0.1) is 18.8 Å². The monoisotopic (exact) mass is 313 g/mol. The molecule has 0 spiro atoms. The van der Waals surface area contributed by atoms with Gasteiger partial charge in [0, 0.05) is 13.0 Å². The average molecular weight is 313 g/mol. The molecule has 2 rings (SSSR count). The number of hydrogen-bond donors (Lipinski definition) is 3. The van der Waals surface area contributed by atoms with Crippen molar-refractivity contribution in [3.63, 3.8) is 0 Å². The lowest BCUT2D eigenvalue weighted by atomic mass is 9.97. The lowest BCUT2D eigenvalue weighted by Gasteiger charge is -2.36. The molecule has 3 atom stereocenters. The van der Waals surface area contributed by atoms with Gasteiger partial charge in [-0.2, -0.15) is 0 Å². The molecule has 4 N–H and O–H groups in total. The van der Waals surface area contributed by atoms with Crippen molar-refractivity contribution in [2.24, 2.45) is 5.73 Å². The highest BCUT2D eigenvalue weighted by Gasteiger charge is 2.31. The Balaban J connectivity index is 1.70. The van der Waals surface area contributed by atoms with Crippen LogP contribution < -0.4 is 11.1 Å². The van der Waals surface area contributed by atoms with Crippen molar-refractivity contribution in [1.82, 2.24) is 10.2 Å². The maximum absolute atomic E-state index is 12.1. The molecule has 2 saturated heterocycles. The zero-order valence-electron chi connectivity index (χ0n) is 13.5. The Bertz CT molecular complexity index is 335. The van der Waals surface area contributed by atoms with E-state index in [-0.39, 0.29) is 30.8 Å². The third-order valence-electron chi connectivity index (χ3n) is 4.73. The Morgan fingerprint density at radius 2 is 2.05 bits per heavy atom. The minimum Gasteiger partial charge on any atom is -0.394 e. The first-order valence-electron chi connectivity index (χ1n) is 8.71. The van der Waals surface area contributed by atoms with E-state index in [1.807, 2.05) is 0 Å². The summed E-state index contributed by atoms with van der Waals surface area (Å²) in [6, 6.07) is -0.0760. The number of aliphatic hydroxyl groups is 1. The van der Waals surface area contributed by atoms with Gasteiger partial charge < -0.3 is 25.8 Å². The number of aliphatic hydroxyl groups excluding tert-OH is 1. The highest BCUT2D eigenvalue weighted by molar-refractivity contribution is 5.76. The Labute approximate surface area is 133 Å². The normalized spacial score (nSPS) is 30.2. The number of carbonyl (C=O) groups excluding carboxylic acids is 1. The van der Waals surface area contributed by atoms with Gasteiger partial charge in [-0.3, -0.25) is 4.79 Å². The van der Waals surface area contributed by atoms with Crippen molar-refractivity contribution in [2.45, 2.75) is 63.2 Å². The summed E-state index contributed by atoms with van der Waals surface area (Å²) >= 11 is 0. The predicted octanol–water partition coefficient (Wildman–Crippen LogP) is 0.236. The van der Waals surface area contributed by atoms with Crippen LogP contribution in [-0.2, 0) is 9.53 Å². The van der Waals surface area contributed by atoms with E-state index in [1.165, 1.54) is 19.3 Å². The summed E-state index contributed by atoms with van der Waals surface area (Å²) in [4.78, 5) is 14.5. The summed E-state index contributed by atoms with van der Waals surface area (Å²) in [5.41, 5.74) is 5.56. The van der Waals surface area contributed by atoms with Crippen molar-refractivity contribution in [1.29, 1.82) is 0 Å². The molecule has 22 heavy (non-hydrogen) atoms. The largest absolute Gasteiger partial charge is 0.394 e. The number of nitrogens with two attached hydrogens (primary N) is 1. The van der Waals surface area contributed by atoms with Gasteiger partial charge in [0.2, 0.25) is 5.91 Å². The molecule has 1 amide bonds. The molecule has 6 nitrogen and oxygen atoms in total. The van der Waals surface area contributed by atoms with Crippen molar-refractivity contribution >= 4 is 5.91 Å². The quantitative estimate of drug-likeness (QED) is 0.626. The Kier molecular flexibility index (Phi) is 7.59. The van der Waals surface area contributed by atoms with E-state index in [0.29, 0.717) is 13.0 Å². The topological polar surface area (TPSA) is 87.8 Å². The first-order valence-corrected chi connectivity index (χ1v) is 8.71. The number of nitrogens with zero attached hydrogens (tertiary/aromatic N) is 1. The van der Waals surface area contributed by atoms with Gasteiger partial charge in [-0.1, -0.05) is 6.42 Å². The van der Waals surface area contributed by atoms with E-state index < -0.39 is 0 Å². The van der Waals surface area contributed by atoms with E-state index in [4.69, 9.17) is 10.5 Å². The fraction of sp³-hybridized carbons (Fsp3) is 0.938. The fourth-order valence-electron chi connectivity index (χ4n) is 3.42. The first kappa shape index (κ1) is 17.7. The third-order valence-corrected chi connectivity index (χ3v) is 4.73. The maximum Gasteiger partial charge on any atom is 0.221 e. The van der Waals surface area contributed by atoms with Gasteiger partial charge in [-0.15, -0.1) is 0 Å². The molecule has 2 aliphatic rings. The van der Waals surface area contributed by atoms with Crippen LogP contribution in [0.1, 0.15) is 44.9 Å². The number of hydrogen-bond acceptors (Lipinski definition) is 5. The second-order valence-electron chi connectivity index (χ2n) is 6.46. The molecule has 0 aromatic heterocycles. The molecule has 0 unspecified atom stereocenters. The van der Waals surface area contributed by atoms with E-state index in [0.717, 1.165) is 38.9 Å². The molecule has 2 aliphatic heterocycles. The molecular formula is C16H31N3O3. The van der Waals surface area contributed by atoms with Crippen LogP contribution in [0, 0.1) is 0 Å². The fourth-order valence-corrected chi connectivity index (χ4v) is 3.42. The van der Waals surface area contributed by atoms with E-state index in [1.54, 1.807) is 0 Å². The minimum atomic E-state index is -0.302. The first-order chi connectivity index (χ1) is 10.7. The zero-order chi connectivity index (χ0) is 15.8. The summed E-state index contributed by atoms with van der Waals surface area (Å²) in [6.45, 7) is 3.59. The molecule has 0 aromatic carbocycles. The lowest BCUT2D eigenvalue weighted by Crippen LogP contribution is -2.51. The number of amides is 1. The number of ether oxygens (including phenoxy) is 1. The molecule has 0 bridgehead atoms. The van der Waals surface area contributed by atoms with E-state index >= 15 is 0 Å². The van der Waals surface area contributed by atoms with Crippen LogP contribution in [-0.4, -0.2) is 66.9 Å². The van der Waals surface area contributed by atoms with Gasteiger partial charge in [-0.05, 0) is 51.7 Å². The van der Waals surface area contributed by atoms with Crippen molar-refractivity contribution in [2.75, 3.05) is 32.8 Å². The summed E-state index contributed by atoms with van der Waals surface area (Å²) in [6.07, 6.45) is 6.70. The van der Waals surface area contributed by atoms with Crippen LogP contribution in [0.5, 0.6) is 0 Å². The molecule has 0 radical (unpaired) electrons. The number of rotatable bonds is 7. The zero-order valence-corrected chi connectivity index (χ0v) is 13.5. The molecule has 2 heterocycles. The van der Waals surface area contributed by atoms with E-state index in [9.17, 15) is 9.90 Å². The van der Waals surface area contributed by atoms with Crippen molar-refractivity contribution in [3.05, 3.63) is 0 Å². The third kappa shape index (κ3) is 5.50. The molecule has 6 heteroatoms. The molecule has 0 saturated carbocycles. The summed E-state index contributed by atoms with van der Waals surface area (Å²) in [5, 5.41) is 12.5. The number of carbonyl (C=O) groups is 1. The SMILES string of the molecule is NCC[C@@H]1CC[C@@H](NC(=O)CCN2CCCCC2)[C@H](CO)O1. The van der Waals surface area contributed by atoms with Crippen LogP contribution >= 0.6 is 0 Å². The van der Waals surface area contributed by atoms with Crippen LogP contribution in [0.3, 0.4) is 0 Å². The number of likely N-dealkylation sites (tertiary alicyclic amines) is 1. The Morgan fingerprint density at radius 1 is 1.27 bits per heavy atom. The lowest BCUT2D eigenvalue weighted by molar-refractivity contribution is -0.128. The second-order valence-corrected chi connectivity index (χ2v) is 6.46. The summed E-state index contributed by atoms with van der Waals surface area (Å²) in [7, 11) is 0. The Morgan fingerprint density at radius 3 is 2.73 bits per heavy atom. The standard InChI is InChI=1S/C16H31N3O3/c17-8-6-13-4-5-14(15(12-20)22-13)18-16(21)7-11-19-9-2-1-3-10-19/h13-15,20H,1-12,17H2,(H,18,21)/t13-,14+,15-/m0/s1. The maximum atomic E-state index is 12.1. The van der Waals surface area contributed by atoms with E-state index in [2.05, 4.69) is 10.2 Å². The highest BCUT2D eigenvalue weighted by atomic mass is 16.5. The predicted molar refractivity (Wildman–Crippen MR) is 85.5 cm³/mol. The van der Waals surface area contributed by atoms with Gasteiger partial charge in [0.25, 0.3) is 0 Å². The van der Waals surface area contributed by atoms with Crippen LogP contribution in [0.25, 0.3) is 0 Å². The Hall–Kier alpha value is -0.690. The molecule has 128 valence electrons. The summed E-state index contributed by atoms with van der Waals surface area (Å²) < 4.78 is 5.83. The number of piperidine rings is 1. The molecule has 0 aromatic rings. The van der Waals surface area contributed by atoms with Crippen LogP contribution in [0.2, 0.25) is 0 Å². The minimum absolute atomic E-state index is 0.0574. The van der Waals surface area contributed by atoms with Gasteiger partial charge in [0.1, 0.15) is 6.10 Å². The van der Waals surface area contributed by atoms with Crippen molar-refractivity contribution < 1.29 is 14.6 Å². The highest BCUT2D eigenvalue weighted by Crippen LogP contribution is 2.21. The van der Waals surface area contributed by atoms with Crippen LogP contribution in [0.4, 0.5) is 0 Å². The van der Waals surface area contributed by atoms with Gasteiger partial charge in [-0.25, -0.2) is 0 Å². The molecular weight excluding hydrogens is 282 g/mol. The van der Waals surface area contributed by atoms with Crippen LogP contribution in [0.15, 0.2) is 0 Å². The summed E-state index contributed by atoms with van der Waals surface area (Å²) in [5.74, 6) is 0.0647.